The van der Waals surface area contributed by atoms with Crippen LogP contribution in [0.3, 0.4) is 0 Å². The van der Waals surface area contributed by atoms with Crippen LogP contribution >= 0.6 is 0 Å². The van der Waals surface area contributed by atoms with E-state index in [9.17, 15) is 4.39 Å². The summed E-state index contributed by atoms with van der Waals surface area (Å²) in [7, 11) is 1.62. The maximum absolute atomic E-state index is 14.0. The van der Waals surface area contributed by atoms with Gasteiger partial charge in [-0.2, -0.15) is 0 Å². The monoisotopic (exact) mass is 273 g/mol. The normalized spacial score (nSPS) is 12.3. The molecule has 2 aromatic rings. The number of hydrogen-bond donors (Lipinski definition) is 1. The highest BCUT2D eigenvalue weighted by molar-refractivity contribution is 5.49. The molecule has 0 fully saturated rings. The van der Waals surface area contributed by atoms with E-state index in [4.69, 9.17) is 10.5 Å². The SMILES string of the molecule is COc1c(C(N)c2cc(C)ccc2F)ccc(C)c1C. The Morgan fingerprint density at radius 1 is 1.05 bits per heavy atom. The van der Waals surface area contributed by atoms with Gasteiger partial charge in [0, 0.05) is 11.1 Å². The van der Waals surface area contributed by atoms with Crippen molar-refractivity contribution in [2.24, 2.45) is 5.73 Å². The van der Waals surface area contributed by atoms with Crippen LogP contribution in [-0.4, -0.2) is 7.11 Å². The predicted octanol–water partition coefficient (Wildman–Crippen LogP) is 3.81. The first-order chi connectivity index (χ1) is 9.45. The first-order valence-corrected chi connectivity index (χ1v) is 6.61. The van der Waals surface area contributed by atoms with Crippen LogP contribution < -0.4 is 10.5 Å². The fourth-order valence-corrected chi connectivity index (χ4v) is 2.40. The molecule has 1 unspecified atom stereocenters. The lowest BCUT2D eigenvalue weighted by molar-refractivity contribution is 0.404. The zero-order valence-corrected chi connectivity index (χ0v) is 12.3. The quantitative estimate of drug-likeness (QED) is 0.923. The third-order valence-corrected chi connectivity index (χ3v) is 3.73. The van der Waals surface area contributed by atoms with Gasteiger partial charge in [-0.15, -0.1) is 0 Å². The molecule has 2 nitrogen and oxygen atoms in total. The molecule has 2 N–H and O–H groups in total. The Morgan fingerprint density at radius 3 is 2.40 bits per heavy atom. The van der Waals surface area contributed by atoms with Gasteiger partial charge in [0.1, 0.15) is 11.6 Å². The van der Waals surface area contributed by atoms with Crippen molar-refractivity contribution in [2.45, 2.75) is 26.8 Å². The van der Waals surface area contributed by atoms with Gasteiger partial charge in [0.05, 0.1) is 13.2 Å². The van der Waals surface area contributed by atoms with E-state index in [2.05, 4.69) is 0 Å². The molecular weight excluding hydrogens is 253 g/mol. The molecule has 0 spiro atoms. The number of halogens is 1. The van der Waals surface area contributed by atoms with E-state index in [1.54, 1.807) is 19.2 Å². The fraction of sp³-hybridized carbons (Fsp3) is 0.294. The largest absolute Gasteiger partial charge is 0.496 e. The van der Waals surface area contributed by atoms with E-state index in [1.165, 1.54) is 6.07 Å². The van der Waals surface area contributed by atoms with E-state index in [-0.39, 0.29) is 5.82 Å². The average molecular weight is 273 g/mol. The van der Waals surface area contributed by atoms with Crippen molar-refractivity contribution < 1.29 is 9.13 Å². The minimum Gasteiger partial charge on any atom is -0.496 e. The van der Waals surface area contributed by atoms with E-state index < -0.39 is 6.04 Å². The highest BCUT2D eigenvalue weighted by Gasteiger charge is 2.19. The van der Waals surface area contributed by atoms with E-state index >= 15 is 0 Å². The number of rotatable bonds is 3. The van der Waals surface area contributed by atoms with Crippen LogP contribution in [0.4, 0.5) is 4.39 Å². The van der Waals surface area contributed by atoms with E-state index in [0.717, 1.165) is 28.0 Å². The number of nitrogens with two attached hydrogens (primary N) is 1. The number of benzene rings is 2. The maximum atomic E-state index is 14.0. The predicted molar refractivity (Wildman–Crippen MR) is 79.6 cm³/mol. The van der Waals surface area contributed by atoms with Gasteiger partial charge < -0.3 is 10.5 Å². The Bertz CT molecular complexity index is 637. The summed E-state index contributed by atoms with van der Waals surface area (Å²) >= 11 is 0. The van der Waals surface area contributed by atoms with Crippen LogP contribution in [-0.2, 0) is 0 Å². The van der Waals surface area contributed by atoms with E-state index in [0.29, 0.717) is 5.56 Å². The summed E-state index contributed by atoms with van der Waals surface area (Å²) in [5.41, 5.74) is 10.7. The van der Waals surface area contributed by atoms with Crippen molar-refractivity contribution in [3.8, 4) is 5.75 Å². The lowest BCUT2D eigenvalue weighted by atomic mass is 9.94. The molecule has 3 heteroatoms. The lowest BCUT2D eigenvalue weighted by Crippen LogP contribution is -2.15. The number of methoxy groups -OCH3 is 1. The molecule has 0 amide bonds. The Kier molecular flexibility index (Phi) is 4.09. The van der Waals surface area contributed by atoms with Crippen molar-refractivity contribution in [3.05, 3.63) is 64.0 Å². The standard InChI is InChI=1S/C17H20FNO/c1-10-5-8-15(18)14(9-10)16(19)13-7-6-11(2)12(3)17(13)20-4/h5-9,16H,19H2,1-4H3. The second kappa shape index (κ2) is 5.63. The summed E-state index contributed by atoms with van der Waals surface area (Å²) in [5, 5.41) is 0. The van der Waals surface area contributed by atoms with Gasteiger partial charge in [0.15, 0.2) is 0 Å². The van der Waals surface area contributed by atoms with Crippen molar-refractivity contribution in [3.63, 3.8) is 0 Å². The van der Waals surface area contributed by atoms with E-state index in [1.807, 2.05) is 32.9 Å². The molecule has 0 aliphatic carbocycles. The van der Waals surface area contributed by atoms with Gasteiger partial charge in [-0.05, 0) is 38.0 Å². The highest BCUT2D eigenvalue weighted by atomic mass is 19.1. The van der Waals surface area contributed by atoms with Crippen molar-refractivity contribution in [1.29, 1.82) is 0 Å². The zero-order chi connectivity index (χ0) is 14.9. The third-order valence-electron chi connectivity index (χ3n) is 3.73. The minimum atomic E-state index is -0.538. The summed E-state index contributed by atoms with van der Waals surface area (Å²) in [5.74, 6) is 0.446. The number of hydrogen-bond acceptors (Lipinski definition) is 2. The Hall–Kier alpha value is -1.87. The summed E-state index contributed by atoms with van der Waals surface area (Å²) in [6.07, 6.45) is 0. The highest BCUT2D eigenvalue weighted by Crippen LogP contribution is 2.33. The molecule has 0 bridgehead atoms. The van der Waals surface area contributed by atoms with Crippen LogP contribution in [0.15, 0.2) is 30.3 Å². The molecular formula is C17H20FNO. The smallest absolute Gasteiger partial charge is 0.128 e. The van der Waals surface area contributed by atoms with Gasteiger partial charge >= 0.3 is 0 Å². The molecule has 0 saturated carbocycles. The Labute approximate surface area is 119 Å². The number of ether oxygens (including phenoxy) is 1. The first kappa shape index (κ1) is 14.5. The van der Waals surface area contributed by atoms with Gasteiger partial charge in [-0.25, -0.2) is 4.39 Å². The van der Waals surface area contributed by atoms with Crippen LogP contribution in [0, 0.1) is 26.6 Å². The lowest BCUT2D eigenvalue weighted by Gasteiger charge is -2.20. The van der Waals surface area contributed by atoms with Crippen LogP contribution in [0.2, 0.25) is 0 Å². The fourth-order valence-electron chi connectivity index (χ4n) is 2.40. The molecule has 2 rings (SSSR count). The molecule has 0 radical (unpaired) electrons. The Balaban J connectivity index is 2.56. The molecule has 20 heavy (non-hydrogen) atoms. The molecule has 1 atom stereocenters. The second-order valence-electron chi connectivity index (χ2n) is 5.13. The molecule has 0 aliphatic rings. The van der Waals surface area contributed by atoms with Crippen molar-refractivity contribution in [2.75, 3.05) is 7.11 Å². The molecule has 0 aromatic heterocycles. The topological polar surface area (TPSA) is 35.2 Å². The molecule has 106 valence electrons. The zero-order valence-electron chi connectivity index (χ0n) is 12.3. The summed E-state index contributed by atoms with van der Waals surface area (Å²) in [4.78, 5) is 0. The maximum Gasteiger partial charge on any atom is 0.128 e. The Morgan fingerprint density at radius 2 is 1.75 bits per heavy atom. The summed E-state index contributed by atoms with van der Waals surface area (Å²) in [6, 6.07) is 8.34. The van der Waals surface area contributed by atoms with Gasteiger partial charge in [-0.3, -0.25) is 0 Å². The van der Waals surface area contributed by atoms with Gasteiger partial charge in [0.2, 0.25) is 0 Å². The third kappa shape index (κ3) is 2.54. The first-order valence-electron chi connectivity index (χ1n) is 6.61. The second-order valence-corrected chi connectivity index (χ2v) is 5.13. The van der Waals surface area contributed by atoms with Gasteiger partial charge in [-0.1, -0.05) is 29.8 Å². The van der Waals surface area contributed by atoms with Crippen molar-refractivity contribution in [1.82, 2.24) is 0 Å². The molecule has 2 aromatic carbocycles. The van der Waals surface area contributed by atoms with Crippen LogP contribution in [0.1, 0.15) is 33.9 Å². The van der Waals surface area contributed by atoms with Gasteiger partial charge in [0.25, 0.3) is 0 Å². The van der Waals surface area contributed by atoms with Crippen molar-refractivity contribution >= 4 is 0 Å². The summed E-state index contributed by atoms with van der Waals surface area (Å²) < 4.78 is 19.5. The number of aryl methyl sites for hydroxylation is 2. The van der Waals surface area contributed by atoms with Crippen LogP contribution in [0.5, 0.6) is 5.75 Å². The molecule has 0 saturated heterocycles. The minimum absolute atomic E-state index is 0.289. The average Bonchev–Trinajstić information content (AvgIpc) is 2.43. The summed E-state index contributed by atoms with van der Waals surface area (Å²) in [6.45, 7) is 5.92. The van der Waals surface area contributed by atoms with Crippen LogP contribution in [0.25, 0.3) is 0 Å². The molecule has 0 aliphatic heterocycles. The molecule has 0 heterocycles.